The maximum atomic E-state index is 11.7. The van der Waals surface area contributed by atoms with E-state index in [9.17, 15) is 13.2 Å². The summed E-state index contributed by atoms with van der Waals surface area (Å²) in [6.07, 6.45) is 6.27. The SMILES string of the molecule is CS(=O)(=O)c1cc(Br)cc(C2(N=C=O)CCCC2)c1. The maximum absolute atomic E-state index is 11.7. The molecule has 1 aliphatic carbocycles. The van der Waals surface area contributed by atoms with Crippen LogP contribution < -0.4 is 0 Å². The summed E-state index contributed by atoms with van der Waals surface area (Å²) in [5, 5.41) is 0. The van der Waals surface area contributed by atoms with E-state index in [2.05, 4.69) is 20.9 Å². The number of aliphatic imine (C=N–C) groups is 1. The fourth-order valence-electron chi connectivity index (χ4n) is 2.56. The molecule has 1 aromatic rings. The van der Waals surface area contributed by atoms with Gasteiger partial charge in [0.05, 0.1) is 10.4 Å². The van der Waals surface area contributed by atoms with Crippen molar-refractivity contribution in [2.75, 3.05) is 6.26 Å². The predicted octanol–water partition coefficient (Wildman–Crippen LogP) is 2.96. The van der Waals surface area contributed by atoms with E-state index in [1.807, 2.05) is 6.07 Å². The van der Waals surface area contributed by atoms with Gasteiger partial charge in [-0.2, -0.15) is 4.99 Å². The molecule has 0 radical (unpaired) electrons. The van der Waals surface area contributed by atoms with Crippen LogP contribution >= 0.6 is 15.9 Å². The number of hydrogen-bond acceptors (Lipinski definition) is 4. The zero-order valence-electron chi connectivity index (χ0n) is 10.5. The third-order valence-electron chi connectivity index (χ3n) is 3.53. The molecular formula is C13H14BrNO3S. The first-order chi connectivity index (χ1) is 8.87. The molecule has 0 spiro atoms. The Morgan fingerprint density at radius 2 is 1.89 bits per heavy atom. The first kappa shape index (κ1) is 14.4. The van der Waals surface area contributed by atoms with Gasteiger partial charge in [0.15, 0.2) is 9.84 Å². The summed E-state index contributed by atoms with van der Waals surface area (Å²) in [6.45, 7) is 0. The van der Waals surface area contributed by atoms with E-state index >= 15 is 0 Å². The minimum atomic E-state index is -3.29. The molecule has 1 aromatic carbocycles. The van der Waals surface area contributed by atoms with Crippen molar-refractivity contribution in [2.45, 2.75) is 36.1 Å². The lowest BCUT2D eigenvalue weighted by Gasteiger charge is -2.23. The van der Waals surface area contributed by atoms with Gasteiger partial charge in [-0.25, -0.2) is 13.2 Å². The highest BCUT2D eigenvalue weighted by molar-refractivity contribution is 9.10. The van der Waals surface area contributed by atoms with Crippen LogP contribution in [-0.2, 0) is 20.2 Å². The van der Waals surface area contributed by atoms with E-state index in [0.717, 1.165) is 31.2 Å². The Balaban J connectivity index is 2.62. The molecule has 1 fully saturated rings. The quantitative estimate of drug-likeness (QED) is 0.626. The van der Waals surface area contributed by atoms with Crippen LogP contribution in [0.4, 0.5) is 0 Å². The molecule has 2 rings (SSSR count). The van der Waals surface area contributed by atoms with Crippen LogP contribution in [0.2, 0.25) is 0 Å². The highest BCUT2D eigenvalue weighted by atomic mass is 79.9. The van der Waals surface area contributed by atoms with Crippen LogP contribution in [0.5, 0.6) is 0 Å². The highest BCUT2D eigenvalue weighted by Crippen LogP contribution is 2.43. The van der Waals surface area contributed by atoms with E-state index in [0.29, 0.717) is 4.47 Å². The maximum Gasteiger partial charge on any atom is 0.235 e. The van der Waals surface area contributed by atoms with Crippen LogP contribution in [0.1, 0.15) is 31.2 Å². The second-order valence-electron chi connectivity index (χ2n) is 4.89. The van der Waals surface area contributed by atoms with Gasteiger partial charge in [-0.15, -0.1) is 0 Å². The van der Waals surface area contributed by atoms with Crippen LogP contribution in [0.15, 0.2) is 32.6 Å². The zero-order valence-corrected chi connectivity index (χ0v) is 12.9. The number of benzene rings is 1. The van der Waals surface area contributed by atoms with Gasteiger partial charge in [0.1, 0.15) is 0 Å². The number of hydrogen-bond donors (Lipinski definition) is 0. The number of isocyanates is 1. The Morgan fingerprint density at radius 1 is 1.26 bits per heavy atom. The molecule has 0 unspecified atom stereocenters. The van der Waals surface area contributed by atoms with Crippen molar-refractivity contribution in [1.82, 2.24) is 0 Å². The summed E-state index contributed by atoms with van der Waals surface area (Å²) in [5.74, 6) is 0. The van der Waals surface area contributed by atoms with E-state index < -0.39 is 15.4 Å². The predicted molar refractivity (Wildman–Crippen MR) is 75.5 cm³/mol. The fraction of sp³-hybridized carbons (Fsp3) is 0.462. The number of sulfone groups is 1. The molecule has 6 heteroatoms. The molecule has 0 aliphatic heterocycles. The first-order valence-electron chi connectivity index (χ1n) is 5.98. The molecule has 19 heavy (non-hydrogen) atoms. The standard InChI is InChI=1S/C13H14BrNO3S/c1-19(17,18)12-7-10(6-11(14)8-12)13(15-9-16)4-2-3-5-13/h6-8H,2-5H2,1H3. The Labute approximate surface area is 121 Å². The van der Waals surface area contributed by atoms with Crippen LogP contribution in [0.25, 0.3) is 0 Å². The molecule has 0 bridgehead atoms. The number of halogens is 1. The average Bonchev–Trinajstić information content (AvgIpc) is 2.77. The molecule has 0 atom stereocenters. The fourth-order valence-corrected chi connectivity index (χ4v) is 3.88. The van der Waals surface area contributed by atoms with Crippen molar-refractivity contribution in [2.24, 2.45) is 4.99 Å². The lowest BCUT2D eigenvalue weighted by molar-refractivity contribution is 0.454. The molecule has 0 saturated heterocycles. The Hall–Kier alpha value is -0.970. The summed E-state index contributed by atoms with van der Waals surface area (Å²) in [7, 11) is -3.29. The number of rotatable bonds is 3. The third kappa shape index (κ3) is 2.96. The van der Waals surface area contributed by atoms with Gasteiger partial charge in [-0.1, -0.05) is 28.8 Å². The second-order valence-corrected chi connectivity index (χ2v) is 7.82. The molecule has 0 amide bonds. The summed E-state index contributed by atoms with van der Waals surface area (Å²) in [5.41, 5.74) is 0.161. The van der Waals surface area contributed by atoms with Crippen LogP contribution in [-0.4, -0.2) is 20.8 Å². The largest absolute Gasteiger partial charge is 0.235 e. The number of carbonyl (C=O) groups excluding carboxylic acids is 1. The normalized spacial score (nSPS) is 18.0. The van der Waals surface area contributed by atoms with Gasteiger partial charge in [0, 0.05) is 10.7 Å². The molecule has 1 aliphatic rings. The summed E-state index contributed by atoms with van der Waals surface area (Å²) in [4.78, 5) is 14.9. The summed E-state index contributed by atoms with van der Waals surface area (Å²) < 4.78 is 24.0. The van der Waals surface area contributed by atoms with Crippen molar-refractivity contribution in [3.63, 3.8) is 0 Å². The second kappa shape index (κ2) is 5.19. The monoisotopic (exact) mass is 343 g/mol. The molecule has 0 aromatic heterocycles. The lowest BCUT2D eigenvalue weighted by Crippen LogP contribution is -2.19. The van der Waals surface area contributed by atoms with E-state index in [4.69, 9.17) is 0 Å². The molecule has 4 nitrogen and oxygen atoms in total. The van der Waals surface area contributed by atoms with Crippen molar-refractivity contribution in [1.29, 1.82) is 0 Å². The Bertz CT molecular complexity index is 642. The van der Waals surface area contributed by atoms with Gasteiger partial charge in [-0.3, -0.25) is 0 Å². The van der Waals surface area contributed by atoms with Crippen LogP contribution in [0.3, 0.4) is 0 Å². The lowest BCUT2D eigenvalue weighted by atomic mass is 9.89. The van der Waals surface area contributed by atoms with Gasteiger partial charge in [-0.05, 0) is 36.6 Å². The third-order valence-corrected chi connectivity index (χ3v) is 5.08. The van der Waals surface area contributed by atoms with Crippen molar-refractivity contribution < 1.29 is 13.2 Å². The number of nitrogens with zero attached hydrogens (tertiary/aromatic N) is 1. The van der Waals surface area contributed by atoms with E-state index in [1.165, 1.54) is 6.26 Å². The average molecular weight is 344 g/mol. The van der Waals surface area contributed by atoms with Crippen molar-refractivity contribution in [3.05, 3.63) is 28.2 Å². The van der Waals surface area contributed by atoms with Crippen LogP contribution in [0, 0.1) is 0 Å². The smallest absolute Gasteiger partial charge is 0.224 e. The molecule has 0 heterocycles. The van der Waals surface area contributed by atoms with Gasteiger partial charge >= 0.3 is 0 Å². The minimum Gasteiger partial charge on any atom is -0.224 e. The topological polar surface area (TPSA) is 63.6 Å². The van der Waals surface area contributed by atoms with E-state index in [-0.39, 0.29) is 4.90 Å². The van der Waals surface area contributed by atoms with Crippen molar-refractivity contribution in [3.8, 4) is 0 Å². The summed E-state index contributed by atoms with van der Waals surface area (Å²) >= 11 is 3.32. The first-order valence-corrected chi connectivity index (χ1v) is 8.66. The summed E-state index contributed by atoms with van der Waals surface area (Å²) in [6, 6.07) is 5.01. The molecule has 1 saturated carbocycles. The van der Waals surface area contributed by atoms with E-state index in [1.54, 1.807) is 18.2 Å². The van der Waals surface area contributed by atoms with Gasteiger partial charge in [0.25, 0.3) is 0 Å². The minimum absolute atomic E-state index is 0.240. The van der Waals surface area contributed by atoms with Gasteiger partial charge < -0.3 is 0 Å². The Morgan fingerprint density at radius 3 is 2.42 bits per heavy atom. The molecule has 0 N–H and O–H groups in total. The zero-order chi connectivity index (χ0) is 14.1. The molecule has 102 valence electrons. The highest BCUT2D eigenvalue weighted by Gasteiger charge is 2.36. The Kier molecular flexibility index (Phi) is 3.95. The van der Waals surface area contributed by atoms with Gasteiger partial charge in [0.2, 0.25) is 6.08 Å². The van der Waals surface area contributed by atoms with Crippen molar-refractivity contribution >= 4 is 31.8 Å². The molecular weight excluding hydrogens is 330 g/mol.